The zero-order valence-electron chi connectivity index (χ0n) is 13.4. The number of amides is 1. The second-order valence-electron chi connectivity index (χ2n) is 5.81. The van der Waals surface area contributed by atoms with Crippen molar-refractivity contribution in [2.45, 2.75) is 31.0 Å². The second-order valence-corrected chi connectivity index (χ2v) is 5.81. The zero-order chi connectivity index (χ0) is 17.8. The number of likely N-dealkylation sites (tertiary alicyclic amines) is 1. The average molecular weight is 346 g/mol. The standard InChI is InChI=1S/C16H21F3N2O3/c1-23-13-7-5-12(6-8-13)15(16(17,18)19,24-14(20)22)11-21-9-3-2-4-10-21/h5-8H,2-4,9-11H2,1H3,(H2,20,22). The van der Waals surface area contributed by atoms with Gasteiger partial charge >= 0.3 is 12.3 Å². The molecule has 0 bridgehead atoms. The van der Waals surface area contributed by atoms with Crippen molar-refractivity contribution in [3.63, 3.8) is 0 Å². The molecule has 1 atom stereocenters. The lowest BCUT2D eigenvalue weighted by Gasteiger charge is -2.40. The van der Waals surface area contributed by atoms with Gasteiger partial charge in [-0.05, 0) is 38.1 Å². The Morgan fingerprint density at radius 1 is 1.17 bits per heavy atom. The maximum atomic E-state index is 14.0. The number of nitrogens with zero attached hydrogens (tertiary/aromatic N) is 1. The number of primary amides is 1. The smallest absolute Gasteiger partial charge is 0.434 e. The normalized spacial score (nSPS) is 18.7. The van der Waals surface area contributed by atoms with Crippen molar-refractivity contribution >= 4 is 6.09 Å². The van der Waals surface area contributed by atoms with Crippen LogP contribution in [0.15, 0.2) is 24.3 Å². The molecule has 1 amide bonds. The van der Waals surface area contributed by atoms with E-state index in [0.717, 1.165) is 19.3 Å². The number of halogens is 3. The number of piperidine rings is 1. The summed E-state index contributed by atoms with van der Waals surface area (Å²) in [5, 5.41) is 0. The van der Waals surface area contributed by atoms with Crippen LogP contribution >= 0.6 is 0 Å². The largest absolute Gasteiger partial charge is 0.497 e. The minimum absolute atomic E-state index is 0.180. The maximum Gasteiger partial charge on any atom is 0.434 e. The summed E-state index contributed by atoms with van der Waals surface area (Å²) in [5.74, 6) is 0.409. The fourth-order valence-corrected chi connectivity index (χ4v) is 2.96. The number of alkyl halides is 3. The highest BCUT2D eigenvalue weighted by Crippen LogP contribution is 2.43. The number of methoxy groups -OCH3 is 1. The van der Waals surface area contributed by atoms with E-state index >= 15 is 0 Å². The van der Waals surface area contributed by atoms with Gasteiger partial charge in [0.05, 0.1) is 13.7 Å². The number of carbonyl (C=O) groups excluding carboxylic acids is 1. The summed E-state index contributed by atoms with van der Waals surface area (Å²) in [7, 11) is 1.42. The number of hydrogen-bond donors (Lipinski definition) is 1. The Hall–Kier alpha value is -1.96. The van der Waals surface area contributed by atoms with Crippen LogP contribution in [0.4, 0.5) is 18.0 Å². The topological polar surface area (TPSA) is 64.8 Å². The molecule has 2 N–H and O–H groups in total. The van der Waals surface area contributed by atoms with Gasteiger partial charge in [-0.15, -0.1) is 0 Å². The molecule has 1 fully saturated rings. The first-order valence-electron chi connectivity index (χ1n) is 7.70. The Bertz CT molecular complexity index is 557. The number of nitrogens with two attached hydrogens (primary N) is 1. The molecule has 0 saturated carbocycles. The number of ether oxygens (including phenoxy) is 2. The summed E-state index contributed by atoms with van der Waals surface area (Å²) in [5.41, 5.74) is 1.99. The van der Waals surface area contributed by atoms with Crippen molar-refractivity contribution in [1.82, 2.24) is 4.90 Å². The van der Waals surface area contributed by atoms with Gasteiger partial charge < -0.3 is 15.2 Å². The predicted octanol–water partition coefficient (Wildman–Crippen LogP) is 3.03. The summed E-state index contributed by atoms with van der Waals surface area (Å²) in [6.07, 6.45) is -3.66. The first kappa shape index (κ1) is 18.4. The molecule has 8 heteroatoms. The van der Waals surface area contributed by atoms with Crippen LogP contribution in [-0.4, -0.2) is 43.9 Å². The number of hydrogen-bond acceptors (Lipinski definition) is 4. The lowest BCUT2D eigenvalue weighted by molar-refractivity contribution is -0.269. The molecule has 0 aliphatic carbocycles. The van der Waals surface area contributed by atoms with Crippen LogP contribution in [0.2, 0.25) is 0 Å². The Morgan fingerprint density at radius 2 is 1.75 bits per heavy atom. The van der Waals surface area contributed by atoms with Crippen LogP contribution in [0.1, 0.15) is 24.8 Å². The van der Waals surface area contributed by atoms with Gasteiger partial charge in [0.25, 0.3) is 0 Å². The zero-order valence-corrected chi connectivity index (χ0v) is 13.4. The molecule has 5 nitrogen and oxygen atoms in total. The second kappa shape index (κ2) is 7.29. The monoisotopic (exact) mass is 346 g/mol. The van der Waals surface area contributed by atoms with Crippen molar-refractivity contribution in [2.75, 3.05) is 26.7 Å². The van der Waals surface area contributed by atoms with Crippen LogP contribution < -0.4 is 10.5 Å². The molecule has 1 aliphatic rings. The first-order valence-corrected chi connectivity index (χ1v) is 7.70. The third-order valence-corrected chi connectivity index (χ3v) is 4.18. The van der Waals surface area contributed by atoms with E-state index in [2.05, 4.69) is 0 Å². The van der Waals surface area contributed by atoms with Gasteiger partial charge in [-0.1, -0.05) is 18.6 Å². The van der Waals surface area contributed by atoms with Gasteiger partial charge in [-0.3, -0.25) is 4.90 Å². The number of rotatable bonds is 5. The summed E-state index contributed by atoms with van der Waals surface area (Å²) >= 11 is 0. The minimum Gasteiger partial charge on any atom is -0.497 e. The van der Waals surface area contributed by atoms with E-state index in [-0.39, 0.29) is 5.56 Å². The number of carbonyl (C=O) groups is 1. The molecule has 1 aliphatic heterocycles. The first-order chi connectivity index (χ1) is 11.3. The quantitative estimate of drug-likeness (QED) is 0.890. The third kappa shape index (κ3) is 3.92. The minimum atomic E-state index is -4.81. The Balaban J connectivity index is 2.44. The highest BCUT2D eigenvalue weighted by atomic mass is 19.4. The summed E-state index contributed by atoms with van der Waals surface area (Å²) < 4.78 is 51.6. The van der Waals surface area contributed by atoms with Crippen molar-refractivity contribution in [1.29, 1.82) is 0 Å². The van der Waals surface area contributed by atoms with E-state index in [9.17, 15) is 18.0 Å². The van der Waals surface area contributed by atoms with Gasteiger partial charge in [-0.25, -0.2) is 4.79 Å². The van der Waals surface area contributed by atoms with Crippen molar-refractivity contribution < 1.29 is 27.4 Å². The number of benzene rings is 1. The van der Waals surface area contributed by atoms with E-state index in [4.69, 9.17) is 15.2 Å². The lowest BCUT2D eigenvalue weighted by Crippen LogP contribution is -2.55. The molecule has 24 heavy (non-hydrogen) atoms. The molecular formula is C16H21F3N2O3. The molecule has 0 aromatic heterocycles. The third-order valence-electron chi connectivity index (χ3n) is 4.18. The highest BCUT2D eigenvalue weighted by molar-refractivity contribution is 5.65. The Labute approximate surface area is 138 Å². The lowest BCUT2D eigenvalue weighted by atomic mass is 9.91. The van der Waals surface area contributed by atoms with E-state index in [1.54, 1.807) is 4.90 Å². The van der Waals surface area contributed by atoms with Crippen LogP contribution in [0.3, 0.4) is 0 Å². The van der Waals surface area contributed by atoms with Crippen LogP contribution in [0.5, 0.6) is 5.75 Å². The molecule has 0 radical (unpaired) electrons. The van der Waals surface area contributed by atoms with Crippen molar-refractivity contribution in [2.24, 2.45) is 5.73 Å². The van der Waals surface area contributed by atoms with Gasteiger partial charge in [0.2, 0.25) is 5.60 Å². The SMILES string of the molecule is COc1ccc(C(CN2CCCCC2)(OC(N)=O)C(F)(F)F)cc1. The maximum absolute atomic E-state index is 14.0. The highest BCUT2D eigenvalue weighted by Gasteiger charge is 2.60. The molecule has 1 heterocycles. The molecule has 1 aromatic rings. The predicted molar refractivity (Wildman–Crippen MR) is 81.7 cm³/mol. The van der Waals surface area contributed by atoms with Gasteiger partial charge in [0.15, 0.2) is 0 Å². The summed E-state index contributed by atoms with van der Waals surface area (Å²) in [4.78, 5) is 12.9. The van der Waals surface area contributed by atoms with Gasteiger partial charge in [-0.2, -0.15) is 13.2 Å². The fourth-order valence-electron chi connectivity index (χ4n) is 2.96. The molecule has 1 unspecified atom stereocenters. The fraction of sp³-hybridized carbons (Fsp3) is 0.562. The van der Waals surface area contributed by atoms with E-state index in [1.807, 2.05) is 0 Å². The summed E-state index contributed by atoms with van der Waals surface area (Å²) in [6.45, 7) is 0.567. The molecule has 1 aromatic carbocycles. The average Bonchev–Trinajstić information content (AvgIpc) is 2.54. The molecule has 2 rings (SSSR count). The van der Waals surface area contributed by atoms with Crippen LogP contribution in [0.25, 0.3) is 0 Å². The van der Waals surface area contributed by atoms with E-state index < -0.39 is 24.4 Å². The molecule has 134 valence electrons. The van der Waals surface area contributed by atoms with Gasteiger partial charge in [0.1, 0.15) is 5.75 Å². The van der Waals surface area contributed by atoms with E-state index in [0.29, 0.717) is 18.8 Å². The van der Waals surface area contributed by atoms with Crippen LogP contribution in [-0.2, 0) is 10.3 Å². The Kier molecular flexibility index (Phi) is 5.58. The van der Waals surface area contributed by atoms with Crippen LogP contribution in [0, 0.1) is 0 Å². The van der Waals surface area contributed by atoms with Crippen molar-refractivity contribution in [3.05, 3.63) is 29.8 Å². The van der Waals surface area contributed by atoms with Gasteiger partial charge in [0, 0.05) is 5.56 Å². The van der Waals surface area contributed by atoms with Crippen molar-refractivity contribution in [3.8, 4) is 5.75 Å². The molecule has 0 spiro atoms. The van der Waals surface area contributed by atoms with E-state index in [1.165, 1.54) is 31.4 Å². The Morgan fingerprint density at radius 3 is 2.21 bits per heavy atom. The summed E-state index contributed by atoms with van der Waals surface area (Å²) in [6, 6.07) is 5.30. The molecule has 1 saturated heterocycles. The molecular weight excluding hydrogens is 325 g/mol.